The van der Waals surface area contributed by atoms with Crippen LogP contribution in [0, 0.1) is 0 Å². The van der Waals surface area contributed by atoms with E-state index in [0.29, 0.717) is 38.1 Å². The van der Waals surface area contributed by atoms with Crippen LogP contribution in [-0.4, -0.2) is 27.3 Å². The SMILES string of the molecule is O=C(O)c1ccc2cc(-c3cc4c(-c5c(Cl)c(Cl)c(Cl)c(Cl)c5C(=O)O)c5c(cc(O)c6ccccc65)oc-4cc3=O)ccc2c1. The van der Waals surface area contributed by atoms with Gasteiger partial charge in [-0.25, -0.2) is 9.59 Å². The van der Waals surface area contributed by atoms with E-state index < -0.39 is 22.9 Å². The van der Waals surface area contributed by atoms with E-state index in [9.17, 15) is 29.7 Å². The van der Waals surface area contributed by atoms with Crippen LogP contribution in [0.15, 0.2) is 88.1 Å². The van der Waals surface area contributed by atoms with Gasteiger partial charge in [-0.15, -0.1) is 0 Å². The Labute approximate surface area is 278 Å². The lowest BCUT2D eigenvalue weighted by atomic mass is 9.87. The predicted octanol–water partition coefficient (Wildman–Crippen LogP) is 10.3. The molecule has 5 aromatic rings. The van der Waals surface area contributed by atoms with Crippen molar-refractivity contribution >= 4 is 90.9 Å². The number of carboxylic acid groups (broad SMARTS) is 2. The summed E-state index contributed by atoms with van der Waals surface area (Å²) in [5, 5.41) is 32.4. The maximum Gasteiger partial charge on any atom is 0.337 e. The monoisotopic (exact) mass is 688 g/mol. The van der Waals surface area contributed by atoms with Crippen LogP contribution in [0.4, 0.5) is 0 Å². The van der Waals surface area contributed by atoms with E-state index in [2.05, 4.69) is 0 Å². The van der Waals surface area contributed by atoms with Gasteiger partial charge < -0.3 is 19.7 Å². The summed E-state index contributed by atoms with van der Waals surface area (Å²) in [5.74, 6) is -2.52. The summed E-state index contributed by atoms with van der Waals surface area (Å²) in [5.41, 5.74) is 0.680. The van der Waals surface area contributed by atoms with E-state index >= 15 is 0 Å². The number of aromatic carboxylic acids is 2. The number of hydrogen-bond acceptors (Lipinski definition) is 5. The predicted molar refractivity (Wildman–Crippen MR) is 181 cm³/mol. The van der Waals surface area contributed by atoms with Gasteiger partial charge in [0.05, 0.1) is 31.2 Å². The van der Waals surface area contributed by atoms with Crippen LogP contribution in [0.3, 0.4) is 0 Å². The van der Waals surface area contributed by atoms with Crippen LogP contribution < -0.4 is 5.43 Å². The summed E-state index contributed by atoms with van der Waals surface area (Å²) in [6.45, 7) is 0. The van der Waals surface area contributed by atoms with Crippen molar-refractivity contribution in [1.82, 2.24) is 0 Å². The van der Waals surface area contributed by atoms with Gasteiger partial charge >= 0.3 is 11.9 Å². The minimum Gasteiger partial charge on any atom is -0.507 e. The summed E-state index contributed by atoms with van der Waals surface area (Å²) in [6, 6.07) is 20.9. The highest BCUT2D eigenvalue weighted by atomic mass is 35.5. The van der Waals surface area contributed by atoms with E-state index in [0.717, 1.165) is 0 Å². The molecule has 11 heteroatoms. The highest BCUT2D eigenvalue weighted by molar-refractivity contribution is 6.54. The molecule has 0 atom stereocenters. The number of halogens is 4. The van der Waals surface area contributed by atoms with Crippen molar-refractivity contribution in [1.29, 1.82) is 0 Å². The van der Waals surface area contributed by atoms with Crippen LogP contribution in [0.25, 0.3) is 66.1 Å². The normalized spacial score (nSPS) is 11.6. The Morgan fingerprint density at radius 3 is 2.04 bits per heavy atom. The number of carbonyl (C=O) groups is 2. The minimum absolute atomic E-state index is 0.0560. The number of benzene rings is 6. The smallest absolute Gasteiger partial charge is 0.337 e. The average molecular weight is 690 g/mol. The van der Waals surface area contributed by atoms with Gasteiger partial charge in [0.25, 0.3) is 0 Å². The third-order valence-corrected chi connectivity index (χ3v) is 9.74. The fourth-order valence-electron chi connectivity index (χ4n) is 5.86. The van der Waals surface area contributed by atoms with E-state index in [1.807, 2.05) is 0 Å². The Morgan fingerprint density at radius 2 is 1.33 bits per heavy atom. The highest BCUT2D eigenvalue weighted by Gasteiger charge is 2.31. The molecule has 0 saturated carbocycles. The van der Waals surface area contributed by atoms with Gasteiger partial charge in [-0.05, 0) is 46.0 Å². The van der Waals surface area contributed by atoms with Gasteiger partial charge in [0, 0.05) is 45.2 Å². The molecule has 7 nitrogen and oxygen atoms in total. The highest BCUT2D eigenvalue weighted by Crippen LogP contribution is 2.52. The Bertz CT molecular complexity index is 2520. The van der Waals surface area contributed by atoms with Crippen molar-refractivity contribution in [3.05, 3.63) is 120 Å². The molecule has 0 spiro atoms. The molecule has 0 fully saturated rings. The van der Waals surface area contributed by atoms with Crippen molar-refractivity contribution in [3.8, 4) is 39.3 Å². The lowest BCUT2D eigenvalue weighted by molar-refractivity contribution is 0.0686. The van der Waals surface area contributed by atoms with E-state index in [4.69, 9.17) is 50.8 Å². The molecule has 0 radical (unpaired) electrons. The van der Waals surface area contributed by atoms with Crippen molar-refractivity contribution < 1.29 is 29.3 Å². The quantitative estimate of drug-likeness (QED) is 0.0727. The molecule has 0 amide bonds. The van der Waals surface area contributed by atoms with Crippen molar-refractivity contribution in [2.24, 2.45) is 0 Å². The standard InChI is InChI=1S/C35H16Cl4O7/c36-30-28(29(35(44)45)31(37)33(39)32(30)38)27-21-11-20(16-7-5-15-10-17(34(42)43)8-6-14(15)9-16)23(41)12-24(21)46-25-13-22(40)18-3-1-2-4-19(18)26(25)27/h1-13,40H,(H,42,43)(H,44,45). The van der Waals surface area contributed by atoms with Crippen molar-refractivity contribution in [3.63, 3.8) is 0 Å². The van der Waals surface area contributed by atoms with Gasteiger partial charge in [-0.3, -0.25) is 4.79 Å². The summed E-state index contributed by atoms with van der Waals surface area (Å²) < 4.78 is 6.20. The summed E-state index contributed by atoms with van der Waals surface area (Å²) in [7, 11) is 0. The fraction of sp³-hybridized carbons (Fsp3) is 0. The molecular weight excluding hydrogens is 674 g/mol. The molecule has 7 rings (SSSR count). The van der Waals surface area contributed by atoms with E-state index in [-0.39, 0.29) is 59.4 Å². The molecule has 2 aliphatic rings. The summed E-state index contributed by atoms with van der Waals surface area (Å²) in [6.07, 6.45) is 0. The lowest BCUT2D eigenvalue weighted by Crippen LogP contribution is -2.08. The van der Waals surface area contributed by atoms with Crippen LogP contribution >= 0.6 is 46.4 Å². The molecule has 1 aliphatic carbocycles. The largest absolute Gasteiger partial charge is 0.507 e. The molecule has 0 unspecified atom stereocenters. The first-order valence-corrected chi connectivity index (χ1v) is 15.0. The molecule has 46 heavy (non-hydrogen) atoms. The van der Waals surface area contributed by atoms with Gasteiger partial charge in [-0.2, -0.15) is 0 Å². The first-order valence-electron chi connectivity index (χ1n) is 13.5. The van der Waals surface area contributed by atoms with Gasteiger partial charge in [0.1, 0.15) is 17.1 Å². The Morgan fingerprint density at radius 1 is 0.652 bits per heavy atom. The van der Waals surface area contributed by atoms with Crippen LogP contribution in [0.2, 0.25) is 20.1 Å². The summed E-state index contributed by atoms with van der Waals surface area (Å²) in [4.78, 5) is 37.8. The molecule has 1 aliphatic heterocycles. The average Bonchev–Trinajstić information content (AvgIpc) is 3.03. The number of phenols is 1. The fourth-order valence-corrected chi connectivity index (χ4v) is 6.89. The second kappa shape index (κ2) is 10.9. The summed E-state index contributed by atoms with van der Waals surface area (Å²) >= 11 is 26.1. The Balaban J connectivity index is 1.66. The zero-order chi connectivity index (χ0) is 32.6. The molecule has 226 valence electrons. The lowest BCUT2D eigenvalue weighted by Gasteiger charge is -2.21. The van der Waals surface area contributed by atoms with Crippen LogP contribution in [0.5, 0.6) is 5.75 Å². The van der Waals surface area contributed by atoms with Gasteiger partial charge in [0.15, 0.2) is 5.43 Å². The zero-order valence-electron chi connectivity index (χ0n) is 23.0. The second-order valence-corrected chi connectivity index (χ2v) is 12.0. The third-order valence-electron chi connectivity index (χ3n) is 7.94. The zero-order valence-corrected chi connectivity index (χ0v) is 26.0. The first kappa shape index (κ1) is 29.9. The number of hydrogen-bond donors (Lipinski definition) is 3. The van der Waals surface area contributed by atoms with Crippen LogP contribution in [0.1, 0.15) is 20.7 Å². The molecule has 0 aromatic heterocycles. The molecule has 0 saturated heterocycles. The molecule has 0 bridgehead atoms. The van der Waals surface area contributed by atoms with Gasteiger partial charge in [-0.1, -0.05) is 88.9 Å². The number of fused-ring (bicyclic) bond motifs is 5. The first-order chi connectivity index (χ1) is 22.0. The number of carboxylic acids is 2. The maximum atomic E-state index is 13.6. The van der Waals surface area contributed by atoms with Crippen molar-refractivity contribution in [2.75, 3.05) is 0 Å². The maximum absolute atomic E-state index is 13.6. The molecule has 3 N–H and O–H groups in total. The van der Waals surface area contributed by atoms with Crippen LogP contribution in [-0.2, 0) is 0 Å². The topological polar surface area (TPSA) is 125 Å². The molecule has 1 heterocycles. The third kappa shape index (κ3) is 4.55. The Hall–Kier alpha value is -4.79. The van der Waals surface area contributed by atoms with Gasteiger partial charge in [0.2, 0.25) is 0 Å². The minimum atomic E-state index is -1.43. The second-order valence-electron chi connectivity index (χ2n) is 10.5. The number of aromatic hydroxyl groups is 1. The Kier molecular flexibility index (Phi) is 7.10. The van der Waals surface area contributed by atoms with Crippen molar-refractivity contribution in [2.45, 2.75) is 0 Å². The number of phenolic OH excluding ortho intramolecular Hbond substituents is 1. The van der Waals surface area contributed by atoms with E-state index in [1.54, 1.807) is 54.6 Å². The number of rotatable bonds is 4. The van der Waals surface area contributed by atoms with E-state index in [1.165, 1.54) is 24.3 Å². The molecular formula is C35H16Cl4O7. The molecule has 5 aromatic carbocycles.